The Hall–Kier alpha value is -1.95. The van der Waals surface area contributed by atoms with Gasteiger partial charge < -0.3 is 5.11 Å². The predicted octanol–water partition coefficient (Wildman–Crippen LogP) is 1.76. The van der Waals surface area contributed by atoms with Crippen molar-refractivity contribution in [3.63, 3.8) is 0 Å². The molecule has 2 amide bonds. The highest BCUT2D eigenvalue weighted by Gasteiger charge is 2.59. The van der Waals surface area contributed by atoms with E-state index in [1.54, 1.807) is 6.07 Å². The number of thiophene rings is 1. The number of carbonyl (C=O) groups is 3. The zero-order valence-corrected chi connectivity index (χ0v) is 11.2. The first kappa shape index (κ1) is 11.8. The Labute approximate surface area is 118 Å². The fourth-order valence-corrected chi connectivity index (χ4v) is 4.54. The molecule has 2 fully saturated rings. The molecule has 0 aromatic carbocycles. The van der Waals surface area contributed by atoms with E-state index in [0.29, 0.717) is 5.00 Å². The summed E-state index contributed by atoms with van der Waals surface area (Å²) < 4.78 is 0. The van der Waals surface area contributed by atoms with Gasteiger partial charge in [-0.15, -0.1) is 11.3 Å². The molecule has 0 spiro atoms. The molecule has 1 aromatic heterocycles. The maximum absolute atomic E-state index is 12.5. The Kier molecular flexibility index (Phi) is 2.24. The van der Waals surface area contributed by atoms with Gasteiger partial charge in [0.25, 0.3) is 0 Å². The van der Waals surface area contributed by atoms with Gasteiger partial charge >= 0.3 is 5.97 Å². The normalized spacial score (nSPS) is 34.1. The second-order valence-electron chi connectivity index (χ2n) is 5.45. The number of hydrogen-bond acceptors (Lipinski definition) is 4. The molecule has 4 unspecified atom stereocenters. The van der Waals surface area contributed by atoms with Gasteiger partial charge in [-0.1, -0.05) is 12.2 Å². The Morgan fingerprint density at radius 3 is 2.25 bits per heavy atom. The third-order valence-electron chi connectivity index (χ3n) is 4.49. The average Bonchev–Trinajstić information content (AvgIpc) is 3.13. The summed E-state index contributed by atoms with van der Waals surface area (Å²) in [4.78, 5) is 37.2. The van der Waals surface area contributed by atoms with E-state index in [1.165, 1.54) is 11.0 Å². The van der Waals surface area contributed by atoms with Crippen molar-refractivity contribution in [3.8, 4) is 0 Å². The van der Waals surface area contributed by atoms with E-state index < -0.39 is 5.97 Å². The van der Waals surface area contributed by atoms with E-state index in [-0.39, 0.29) is 40.4 Å². The lowest BCUT2D eigenvalue weighted by atomic mass is 9.85. The van der Waals surface area contributed by atoms with Gasteiger partial charge in [0, 0.05) is 0 Å². The molecule has 1 aromatic rings. The molecule has 2 heterocycles. The SMILES string of the molecule is O=C(O)c1ccc(N2C(=O)C3C4C=CC(C4)C3C2=O)s1. The molecule has 2 bridgehead atoms. The number of amides is 2. The van der Waals surface area contributed by atoms with Crippen LogP contribution in [-0.2, 0) is 9.59 Å². The summed E-state index contributed by atoms with van der Waals surface area (Å²) in [6.07, 6.45) is 4.97. The van der Waals surface area contributed by atoms with Crippen molar-refractivity contribution in [1.82, 2.24) is 0 Å². The molecule has 1 aliphatic heterocycles. The van der Waals surface area contributed by atoms with Crippen LogP contribution in [0.25, 0.3) is 0 Å². The number of allylic oxidation sites excluding steroid dienone is 2. The molecule has 6 heteroatoms. The maximum Gasteiger partial charge on any atom is 0.345 e. The lowest BCUT2D eigenvalue weighted by Crippen LogP contribution is -2.32. The van der Waals surface area contributed by atoms with Crippen LogP contribution in [0.5, 0.6) is 0 Å². The Morgan fingerprint density at radius 2 is 1.75 bits per heavy atom. The zero-order chi connectivity index (χ0) is 14.0. The first-order valence-corrected chi connectivity index (χ1v) is 7.29. The molecule has 4 rings (SSSR count). The van der Waals surface area contributed by atoms with Crippen molar-refractivity contribution in [2.45, 2.75) is 6.42 Å². The summed E-state index contributed by atoms with van der Waals surface area (Å²) in [6.45, 7) is 0. The van der Waals surface area contributed by atoms with Crippen molar-refractivity contribution in [3.05, 3.63) is 29.2 Å². The van der Waals surface area contributed by atoms with Crippen molar-refractivity contribution in [1.29, 1.82) is 0 Å². The van der Waals surface area contributed by atoms with Crippen LogP contribution in [0.4, 0.5) is 5.00 Å². The molecule has 1 N–H and O–H groups in total. The number of anilines is 1. The lowest BCUT2D eigenvalue weighted by Gasteiger charge is -2.14. The van der Waals surface area contributed by atoms with Gasteiger partial charge in [-0.05, 0) is 30.4 Å². The maximum atomic E-state index is 12.5. The van der Waals surface area contributed by atoms with Crippen LogP contribution in [0, 0.1) is 23.7 Å². The largest absolute Gasteiger partial charge is 0.477 e. The number of carboxylic acid groups (broad SMARTS) is 1. The molecule has 20 heavy (non-hydrogen) atoms. The van der Waals surface area contributed by atoms with E-state index >= 15 is 0 Å². The van der Waals surface area contributed by atoms with Crippen LogP contribution >= 0.6 is 11.3 Å². The summed E-state index contributed by atoms with van der Waals surface area (Å²) in [5, 5.41) is 9.36. The Morgan fingerprint density at radius 1 is 1.15 bits per heavy atom. The molecule has 1 saturated heterocycles. The van der Waals surface area contributed by atoms with E-state index in [9.17, 15) is 14.4 Å². The standard InChI is InChI=1S/C14H11NO4S/c16-12-10-6-1-2-7(5-6)11(10)13(17)15(12)9-4-3-8(20-9)14(18)19/h1-4,6-7,10-11H,5H2,(H,18,19). The minimum atomic E-state index is -1.04. The third kappa shape index (κ3) is 1.34. The lowest BCUT2D eigenvalue weighted by molar-refractivity contribution is -0.123. The highest BCUT2D eigenvalue weighted by atomic mass is 32.1. The Bertz CT molecular complexity index is 646. The zero-order valence-electron chi connectivity index (χ0n) is 10.4. The summed E-state index contributed by atoms with van der Waals surface area (Å²) in [5.41, 5.74) is 0. The van der Waals surface area contributed by atoms with E-state index in [0.717, 1.165) is 17.8 Å². The van der Waals surface area contributed by atoms with Crippen molar-refractivity contribution in [2.75, 3.05) is 4.90 Å². The fourth-order valence-electron chi connectivity index (χ4n) is 3.68. The molecule has 1 saturated carbocycles. The number of fused-ring (bicyclic) bond motifs is 5. The number of rotatable bonds is 2. The van der Waals surface area contributed by atoms with Crippen LogP contribution in [0.15, 0.2) is 24.3 Å². The molecule has 3 aliphatic rings. The molecule has 102 valence electrons. The van der Waals surface area contributed by atoms with Crippen molar-refractivity contribution < 1.29 is 19.5 Å². The summed E-state index contributed by atoms with van der Waals surface area (Å²) in [6, 6.07) is 2.98. The first-order chi connectivity index (χ1) is 9.58. The molecule has 4 atom stereocenters. The van der Waals surface area contributed by atoms with Crippen LogP contribution in [0.3, 0.4) is 0 Å². The minimum absolute atomic E-state index is 0.138. The van der Waals surface area contributed by atoms with E-state index in [2.05, 4.69) is 0 Å². The van der Waals surface area contributed by atoms with E-state index in [1.807, 2.05) is 12.2 Å². The average molecular weight is 289 g/mol. The quantitative estimate of drug-likeness (QED) is 0.665. The number of aromatic carboxylic acids is 1. The summed E-state index contributed by atoms with van der Waals surface area (Å²) >= 11 is 0.972. The van der Waals surface area contributed by atoms with Crippen molar-refractivity contribution >= 4 is 34.1 Å². The van der Waals surface area contributed by atoms with Gasteiger partial charge in [-0.25, -0.2) is 9.69 Å². The number of hydrogen-bond donors (Lipinski definition) is 1. The Balaban J connectivity index is 1.72. The smallest absolute Gasteiger partial charge is 0.345 e. The van der Waals surface area contributed by atoms with Gasteiger partial charge in [-0.3, -0.25) is 9.59 Å². The highest BCUT2D eigenvalue weighted by Crippen LogP contribution is 2.53. The molecule has 0 radical (unpaired) electrons. The highest BCUT2D eigenvalue weighted by molar-refractivity contribution is 7.18. The van der Waals surface area contributed by atoms with Gasteiger partial charge in [0.15, 0.2) is 0 Å². The number of imide groups is 1. The summed E-state index contributed by atoms with van der Waals surface area (Å²) in [5.74, 6) is -1.52. The monoisotopic (exact) mass is 289 g/mol. The molecular formula is C14H11NO4S. The number of carboxylic acids is 1. The molecule has 5 nitrogen and oxygen atoms in total. The van der Waals surface area contributed by atoms with Gasteiger partial charge in [-0.2, -0.15) is 0 Å². The number of nitrogens with zero attached hydrogens (tertiary/aromatic N) is 1. The van der Waals surface area contributed by atoms with Crippen LogP contribution < -0.4 is 4.90 Å². The van der Waals surface area contributed by atoms with Crippen LogP contribution in [-0.4, -0.2) is 22.9 Å². The first-order valence-electron chi connectivity index (χ1n) is 6.47. The fraction of sp³-hybridized carbons (Fsp3) is 0.357. The van der Waals surface area contributed by atoms with Crippen LogP contribution in [0.1, 0.15) is 16.1 Å². The second-order valence-corrected chi connectivity index (χ2v) is 6.52. The van der Waals surface area contributed by atoms with Crippen molar-refractivity contribution in [2.24, 2.45) is 23.7 Å². The van der Waals surface area contributed by atoms with Crippen LogP contribution in [0.2, 0.25) is 0 Å². The van der Waals surface area contributed by atoms with Gasteiger partial charge in [0.05, 0.1) is 11.8 Å². The summed E-state index contributed by atoms with van der Waals surface area (Å²) in [7, 11) is 0. The molecule has 2 aliphatic carbocycles. The van der Waals surface area contributed by atoms with E-state index in [4.69, 9.17) is 5.11 Å². The molecular weight excluding hydrogens is 278 g/mol. The second kappa shape index (κ2) is 3.79. The number of carbonyl (C=O) groups excluding carboxylic acids is 2. The third-order valence-corrected chi connectivity index (χ3v) is 5.55. The van der Waals surface area contributed by atoms with Gasteiger partial charge in [0.2, 0.25) is 11.8 Å². The topological polar surface area (TPSA) is 74.7 Å². The minimum Gasteiger partial charge on any atom is -0.477 e. The van der Waals surface area contributed by atoms with Gasteiger partial charge in [0.1, 0.15) is 9.88 Å². The predicted molar refractivity (Wildman–Crippen MR) is 71.5 cm³/mol.